The summed E-state index contributed by atoms with van der Waals surface area (Å²) in [6.07, 6.45) is 2.96. The number of hydrogen-bond donors (Lipinski definition) is 2. The van der Waals surface area contributed by atoms with Crippen LogP contribution >= 0.6 is 0 Å². The van der Waals surface area contributed by atoms with Gasteiger partial charge in [-0.1, -0.05) is 0 Å². The zero-order valence-corrected chi connectivity index (χ0v) is 23.1. The molecule has 2 N–H and O–H groups in total. The van der Waals surface area contributed by atoms with E-state index >= 15 is 0 Å². The minimum absolute atomic E-state index is 0.669. The van der Waals surface area contributed by atoms with Crippen LogP contribution in [-0.4, -0.2) is 47.4 Å². The van der Waals surface area contributed by atoms with Crippen molar-refractivity contribution in [2.45, 2.75) is 19.3 Å². The number of imidazole rings is 2. The van der Waals surface area contributed by atoms with E-state index in [0.29, 0.717) is 13.2 Å². The number of nitrogens with zero attached hydrogens (tertiary/aromatic N) is 2. The van der Waals surface area contributed by atoms with Crippen LogP contribution in [0.25, 0.3) is 44.8 Å². The highest BCUT2D eigenvalue weighted by Crippen LogP contribution is 2.27. The van der Waals surface area contributed by atoms with Crippen molar-refractivity contribution in [1.29, 1.82) is 0 Å². The largest absolute Gasteiger partial charge is 0.497 e. The van der Waals surface area contributed by atoms with Crippen molar-refractivity contribution < 1.29 is 18.9 Å². The number of ether oxygens (including phenoxy) is 4. The lowest BCUT2D eigenvalue weighted by molar-refractivity contribution is 0.279. The van der Waals surface area contributed by atoms with Crippen molar-refractivity contribution in [2.24, 2.45) is 0 Å². The average Bonchev–Trinajstić information content (AvgIpc) is 3.65. The Kier molecular flexibility index (Phi) is 7.71. The van der Waals surface area contributed by atoms with E-state index in [9.17, 15) is 0 Å². The lowest BCUT2D eigenvalue weighted by atomic mass is 10.2. The molecule has 208 valence electrons. The second-order valence-electron chi connectivity index (χ2n) is 9.74. The van der Waals surface area contributed by atoms with Gasteiger partial charge in [-0.3, -0.25) is 0 Å². The van der Waals surface area contributed by atoms with Crippen LogP contribution in [0.5, 0.6) is 23.0 Å². The average molecular weight is 549 g/mol. The Labute approximate surface area is 238 Å². The Morgan fingerprint density at radius 1 is 0.512 bits per heavy atom. The monoisotopic (exact) mass is 548 g/mol. The van der Waals surface area contributed by atoms with Crippen LogP contribution in [0.1, 0.15) is 19.3 Å². The Morgan fingerprint density at radius 3 is 1.34 bits per heavy atom. The van der Waals surface area contributed by atoms with Crippen molar-refractivity contribution >= 4 is 22.1 Å². The molecule has 0 unspecified atom stereocenters. The zero-order valence-electron chi connectivity index (χ0n) is 23.1. The van der Waals surface area contributed by atoms with Gasteiger partial charge in [0.25, 0.3) is 0 Å². The molecular formula is C33H32N4O4. The van der Waals surface area contributed by atoms with E-state index in [1.807, 2.05) is 84.9 Å². The van der Waals surface area contributed by atoms with Crippen molar-refractivity contribution in [1.82, 2.24) is 19.9 Å². The number of methoxy groups -OCH3 is 2. The first-order chi connectivity index (χ1) is 20.2. The molecule has 0 aliphatic rings. The second-order valence-corrected chi connectivity index (χ2v) is 9.74. The fourth-order valence-corrected chi connectivity index (χ4v) is 4.68. The van der Waals surface area contributed by atoms with E-state index in [4.69, 9.17) is 18.9 Å². The van der Waals surface area contributed by atoms with Gasteiger partial charge in [0.1, 0.15) is 34.6 Å². The van der Waals surface area contributed by atoms with Gasteiger partial charge in [-0.05, 0) is 92.1 Å². The summed E-state index contributed by atoms with van der Waals surface area (Å²) in [5.41, 5.74) is 5.74. The molecule has 4 aromatic carbocycles. The van der Waals surface area contributed by atoms with Crippen LogP contribution in [0, 0.1) is 0 Å². The van der Waals surface area contributed by atoms with Crippen LogP contribution in [0.2, 0.25) is 0 Å². The molecule has 0 radical (unpaired) electrons. The number of aromatic nitrogens is 4. The molecule has 2 aromatic heterocycles. The molecule has 0 bridgehead atoms. The van der Waals surface area contributed by atoms with Gasteiger partial charge in [0.15, 0.2) is 0 Å². The first-order valence-electron chi connectivity index (χ1n) is 13.7. The lowest BCUT2D eigenvalue weighted by Crippen LogP contribution is -2.01. The highest BCUT2D eigenvalue weighted by atomic mass is 16.5. The maximum absolute atomic E-state index is 5.94. The third-order valence-corrected chi connectivity index (χ3v) is 6.96. The van der Waals surface area contributed by atoms with Crippen LogP contribution in [0.4, 0.5) is 0 Å². The fourth-order valence-electron chi connectivity index (χ4n) is 4.68. The molecular weight excluding hydrogens is 516 g/mol. The number of benzene rings is 4. The normalized spacial score (nSPS) is 11.2. The Hall–Kier alpha value is -4.98. The van der Waals surface area contributed by atoms with E-state index in [1.165, 1.54) is 0 Å². The van der Waals surface area contributed by atoms with Gasteiger partial charge >= 0.3 is 0 Å². The van der Waals surface area contributed by atoms with Crippen LogP contribution < -0.4 is 18.9 Å². The number of rotatable bonds is 12. The lowest BCUT2D eigenvalue weighted by Gasteiger charge is -2.08. The Morgan fingerprint density at radius 2 is 0.927 bits per heavy atom. The fraction of sp³-hybridized carbons (Fsp3) is 0.212. The first kappa shape index (κ1) is 26.3. The van der Waals surface area contributed by atoms with Gasteiger partial charge in [0.05, 0.1) is 49.5 Å². The van der Waals surface area contributed by atoms with Crippen molar-refractivity contribution in [3.05, 3.63) is 84.9 Å². The van der Waals surface area contributed by atoms with Gasteiger partial charge in [-0.15, -0.1) is 0 Å². The number of unbranched alkanes of at least 4 members (excludes halogenated alkanes) is 2. The third kappa shape index (κ3) is 6.11. The molecule has 0 atom stereocenters. The quantitative estimate of drug-likeness (QED) is 0.155. The predicted molar refractivity (Wildman–Crippen MR) is 161 cm³/mol. The van der Waals surface area contributed by atoms with Crippen LogP contribution in [0.3, 0.4) is 0 Å². The van der Waals surface area contributed by atoms with E-state index in [1.54, 1.807) is 14.2 Å². The molecule has 2 heterocycles. The van der Waals surface area contributed by atoms with E-state index < -0.39 is 0 Å². The molecule has 0 saturated heterocycles. The van der Waals surface area contributed by atoms with Gasteiger partial charge in [-0.25, -0.2) is 9.97 Å². The van der Waals surface area contributed by atoms with Crippen molar-refractivity contribution in [3.63, 3.8) is 0 Å². The molecule has 41 heavy (non-hydrogen) atoms. The summed E-state index contributed by atoms with van der Waals surface area (Å²) in [6, 6.07) is 27.7. The SMILES string of the molecule is COc1ccc2nc(-c3ccc(OCCCCCOc4ccc(-c5nc6ccc(OC)cc6[nH]5)cc4)cc3)[nH]c2c1. The molecule has 0 saturated carbocycles. The highest BCUT2D eigenvalue weighted by Gasteiger charge is 2.08. The summed E-state index contributed by atoms with van der Waals surface area (Å²) < 4.78 is 22.5. The Balaban J connectivity index is 0.913. The standard InChI is InChI=1S/C33H32N4O4/c1-38-26-14-16-28-30(20-26)36-32(34-28)22-6-10-24(11-7-22)40-18-4-3-5-19-41-25-12-8-23(9-13-25)33-35-29-17-15-27(39-2)21-31(29)37-33/h6-17,20-21H,3-5,18-19H2,1-2H3,(H,34,36)(H,35,37). The minimum atomic E-state index is 0.669. The van der Waals surface area contributed by atoms with E-state index in [-0.39, 0.29) is 0 Å². The van der Waals surface area contributed by atoms with Crippen molar-refractivity contribution in [2.75, 3.05) is 27.4 Å². The molecule has 6 rings (SSSR count). The summed E-state index contributed by atoms with van der Waals surface area (Å²) in [7, 11) is 3.32. The maximum Gasteiger partial charge on any atom is 0.138 e. The van der Waals surface area contributed by atoms with Gasteiger partial charge < -0.3 is 28.9 Å². The smallest absolute Gasteiger partial charge is 0.138 e. The number of hydrogen-bond acceptors (Lipinski definition) is 6. The summed E-state index contributed by atoms with van der Waals surface area (Å²) in [4.78, 5) is 16.1. The number of aromatic amines is 2. The van der Waals surface area contributed by atoms with E-state index in [2.05, 4.69) is 19.9 Å². The molecule has 0 spiro atoms. The zero-order chi connectivity index (χ0) is 28.0. The highest BCUT2D eigenvalue weighted by molar-refractivity contribution is 5.81. The van der Waals surface area contributed by atoms with Crippen LogP contribution in [0.15, 0.2) is 84.9 Å². The summed E-state index contributed by atoms with van der Waals surface area (Å²) in [5, 5.41) is 0. The molecule has 8 heteroatoms. The number of nitrogens with one attached hydrogen (secondary N) is 2. The molecule has 6 aromatic rings. The summed E-state index contributed by atoms with van der Waals surface area (Å²) in [6.45, 7) is 1.34. The van der Waals surface area contributed by atoms with E-state index in [0.717, 1.165) is 87.1 Å². The van der Waals surface area contributed by atoms with Crippen molar-refractivity contribution in [3.8, 4) is 45.8 Å². The summed E-state index contributed by atoms with van der Waals surface area (Å²) in [5.74, 6) is 4.96. The molecule has 0 amide bonds. The summed E-state index contributed by atoms with van der Waals surface area (Å²) >= 11 is 0. The number of fused-ring (bicyclic) bond motifs is 2. The maximum atomic E-state index is 5.94. The topological polar surface area (TPSA) is 94.3 Å². The van der Waals surface area contributed by atoms with Gasteiger partial charge in [-0.2, -0.15) is 0 Å². The molecule has 0 aliphatic carbocycles. The molecule has 0 fully saturated rings. The second kappa shape index (κ2) is 12.0. The first-order valence-corrected chi connectivity index (χ1v) is 13.7. The van der Waals surface area contributed by atoms with Gasteiger partial charge in [0.2, 0.25) is 0 Å². The van der Waals surface area contributed by atoms with Gasteiger partial charge in [0, 0.05) is 23.3 Å². The third-order valence-electron chi connectivity index (χ3n) is 6.96. The predicted octanol–water partition coefficient (Wildman–Crippen LogP) is 7.42. The minimum Gasteiger partial charge on any atom is -0.497 e. The molecule has 0 aliphatic heterocycles. The van der Waals surface area contributed by atoms with Crippen LogP contribution in [-0.2, 0) is 0 Å². The Bertz CT molecular complexity index is 1610. The number of H-pyrrole nitrogens is 2. The molecule has 8 nitrogen and oxygen atoms in total.